The minimum atomic E-state index is -0.128. The van der Waals surface area contributed by atoms with Crippen LogP contribution in [0.3, 0.4) is 0 Å². The number of nitrogens with zero attached hydrogens (tertiary/aromatic N) is 1. The first kappa shape index (κ1) is 14.3. The van der Waals surface area contributed by atoms with Crippen LogP contribution in [0.25, 0.3) is 0 Å². The summed E-state index contributed by atoms with van der Waals surface area (Å²) in [5, 5.41) is 0. The van der Waals surface area contributed by atoms with E-state index in [-0.39, 0.29) is 11.9 Å². The molecule has 0 aromatic heterocycles. The standard InChI is InChI=1S/C16H25FN2/c1-4-13(18)9-14-15(17)6-5-7-16(14)19(3)10-12-8-11(12)2/h5-7,11-13H,4,8-10,18H2,1-3H3. The minimum absolute atomic E-state index is 0.0314. The molecule has 0 amide bonds. The van der Waals surface area contributed by atoms with Crippen LogP contribution in [0.4, 0.5) is 10.1 Å². The van der Waals surface area contributed by atoms with Crippen molar-refractivity contribution in [3.05, 3.63) is 29.6 Å². The van der Waals surface area contributed by atoms with E-state index in [1.165, 1.54) is 12.5 Å². The van der Waals surface area contributed by atoms with E-state index in [9.17, 15) is 4.39 Å². The highest BCUT2D eigenvalue weighted by Gasteiger charge is 2.33. The quantitative estimate of drug-likeness (QED) is 0.855. The molecule has 19 heavy (non-hydrogen) atoms. The summed E-state index contributed by atoms with van der Waals surface area (Å²) in [5.41, 5.74) is 7.77. The highest BCUT2D eigenvalue weighted by molar-refractivity contribution is 5.54. The van der Waals surface area contributed by atoms with Crippen molar-refractivity contribution in [1.82, 2.24) is 0 Å². The van der Waals surface area contributed by atoms with E-state index >= 15 is 0 Å². The van der Waals surface area contributed by atoms with Crippen molar-refractivity contribution in [2.75, 3.05) is 18.5 Å². The Morgan fingerprint density at radius 1 is 1.47 bits per heavy atom. The van der Waals surface area contributed by atoms with Gasteiger partial charge in [-0.15, -0.1) is 0 Å². The van der Waals surface area contributed by atoms with Gasteiger partial charge in [0.1, 0.15) is 5.82 Å². The van der Waals surface area contributed by atoms with Crippen LogP contribution in [0.15, 0.2) is 18.2 Å². The zero-order valence-corrected chi connectivity index (χ0v) is 12.2. The lowest BCUT2D eigenvalue weighted by atomic mass is 10.0. The summed E-state index contributed by atoms with van der Waals surface area (Å²) in [4.78, 5) is 2.19. The molecule has 0 spiro atoms. The molecule has 1 aliphatic rings. The topological polar surface area (TPSA) is 29.3 Å². The van der Waals surface area contributed by atoms with E-state index in [0.717, 1.165) is 36.1 Å². The van der Waals surface area contributed by atoms with Crippen molar-refractivity contribution in [1.29, 1.82) is 0 Å². The van der Waals surface area contributed by atoms with Crippen LogP contribution >= 0.6 is 0 Å². The molecule has 2 rings (SSSR count). The lowest BCUT2D eigenvalue weighted by Gasteiger charge is -2.24. The van der Waals surface area contributed by atoms with Gasteiger partial charge in [-0.2, -0.15) is 0 Å². The van der Waals surface area contributed by atoms with Crippen LogP contribution in [0, 0.1) is 17.7 Å². The Balaban J connectivity index is 2.15. The van der Waals surface area contributed by atoms with E-state index in [4.69, 9.17) is 5.73 Å². The minimum Gasteiger partial charge on any atom is -0.374 e. The summed E-state index contributed by atoms with van der Waals surface area (Å²) in [7, 11) is 2.06. The molecule has 106 valence electrons. The van der Waals surface area contributed by atoms with Gasteiger partial charge in [0.15, 0.2) is 0 Å². The molecule has 0 radical (unpaired) electrons. The van der Waals surface area contributed by atoms with Gasteiger partial charge in [0, 0.05) is 30.9 Å². The summed E-state index contributed by atoms with van der Waals surface area (Å²) < 4.78 is 14.1. The van der Waals surface area contributed by atoms with Crippen LogP contribution in [-0.4, -0.2) is 19.6 Å². The van der Waals surface area contributed by atoms with Gasteiger partial charge in [-0.05, 0) is 43.2 Å². The highest BCUT2D eigenvalue weighted by atomic mass is 19.1. The van der Waals surface area contributed by atoms with Gasteiger partial charge < -0.3 is 10.6 Å². The number of hydrogen-bond acceptors (Lipinski definition) is 2. The normalized spacial score (nSPS) is 23.2. The van der Waals surface area contributed by atoms with E-state index < -0.39 is 0 Å². The van der Waals surface area contributed by atoms with Crippen molar-refractivity contribution < 1.29 is 4.39 Å². The Kier molecular flexibility index (Phi) is 4.46. The largest absolute Gasteiger partial charge is 0.374 e. The van der Waals surface area contributed by atoms with E-state index in [0.29, 0.717) is 6.42 Å². The number of hydrogen-bond donors (Lipinski definition) is 1. The first-order valence-electron chi connectivity index (χ1n) is 7.27. The molecule has 1 saturated carbocycles. The zero-order chi connectivity index (χ0) is 14.0. The molecule has 1 aromatic rings. The first-order valence-corrected chi connectivity index (χ1v) is 7.27. The molecule has 3 heteroatoms. The van der Waals surface area contributed by atoms with E-state index in [1.54, 1.807) is 6.07 Å². The lowest BCUT2D eigenvalue weighted by molar-refractivity contribution is 0.577. The Bertz CT molecular complexity index is 433. The molecule has 3 atom stereocenters. The number of anilines is 1. The third-order valence-electron chi connectivity index (χ3n) is 4.28. The third kappa shape index (κ3) is 3.47. The van der Waals surface area contributed by atoms with Crippen LogP contribution in [0.5, 0.6) is 0 Å². The second-order valence-corrected chi connectivity index (χ2v) is 5.96. The van der Waals surface area contributed by atoms with Crippen molar-refractivity contribution in [2.24, 2.45) is 17.6 Å². The maximum Gasteiger partial charge on any atom is 0.128 e. The summed E-state index contributed by atoms with van der Waals surface area (Å²) >= 11 is 0. The Labute approximate surface area is 115 Å². The maximum absolute atomic E-state index is 14.1. The monoisotopic (exact) mass is 264 g/mol. The van der Waals surface area contributed by atoms with Gasteiger partial charge in [-0.1, -0.05) is 19.9 Å². The molecule has 1 aromatic carbocycles. The second kappa shape index (κ2) is 5.91. The molecule has 2 nitrogen and oxygen atoms in total. The summed E-state index contributed by atoms with van der Waals surface area (Å²) in [6.07, 6.45) is 2.78. The highest BCUT2D eigenvalue weighted by Crippen LogP contribution is 2.39. The predicted molar refractivity (Wildman–Crippen MR) is 78.9 cm³/mol. The van der Waals surface area contributed by atoms with Gasteiger partial charge >= 0.3 is 0 Å². The maximum atomic E-state index is 14.1. The van der Waals surface area contributed by atoms with Crippen molar-refractivity contribution >= 4 is 5.69 Å². The van der Waals surface area contributed by atoms with Crippen LogP contribution < -0.4 is 10.6 Å². The van der Waals surface area contributed by atoms with Crippen LogP contribution in [0.2, 0.25) is 0 Å². The SMILES string of the molecule is CCC(N)Cc1c(F)cccc1N(C)CC1CC1C. The third-order valence-corrected chi connectivity index (χ3v) is 4.28. The molecule has 0 heterocycles. The van der Waals surface area contributed by atoms with Gasteiger partial charge in [-0.3, -0.25) is 0 Å². The number of benzene rings is 1. The Hall–Kier alpha value is -1.09. The van der Waals surface area contributed by atoms with Gasteiger partial charge in [0.2, 0.25) is 0 Å². The molecular formula is C16H25FN2. The van der Waals surface area contributed by atoms with Crippen LogP contribution in [-0.2, 0) is 6.42 Å². The fourth-order valence-electron chi connectivity index (χ4n) is 2.62. The molecule has 1 fully saturated rings. The average molecular weight is 264 g/mol. The smallest absolute Gasteiger partial charge is 0.128 e. The second-order valence-electron chi connectivity index (χ2n) is 5.96. The zero-order valence-electron chi connectivity index (χ0n) is 12.2. The number of rotatable bonds is 6. The van der Waals surface area contributed by atoms with Gasteiger partial charge in [-0.25, -0.2) is 4.39 Å². The summed E-state index contributed by atoms with van der Waals surface area (Å²) in [5.74, 6) is 1.45. The van der Waals surface area contributed by atoms with Crippen LogP contribution in [0.1, 0.15) is 32.3 Å². The van der Waals surface area contributed by atoms with Gasteiger partial charge in [0.25, 0.3) is 0 Å². The van der Waals surface area contributed by atoms with Crippen molar-refractivity contribution in [3.63, 3.8) is 0 Å². The molecule has 0 saturated heterocycles. The predicted octanol–water partition coefficient (Wildman–Crippen LogP) is 3.20. The number of halogens is 1. The lowest BCUT2D eigenvalue weighted by Crippen LogP contribution is -2.26. The fraction of sp³-hybridized carbons (Fsp3) is 0.625. The summed E-state index contributed by atoms with van der Waals surface area (Å²) in [6, 6.07) is 5.37. The molecule has 0 aliphatic heterocycles. The van der Waals surface area contributed by atoms with Crippen molar-refractivity contribution in [2.45, 2.75) is 39.2 Å². The first-order chi connectivity index (χ1) is 9.02. The van der Waals surface area contributed by atoms with E-state index in [1.807, 2.05) is 13.0 Å². The molecule has 1 aliphatic carbocycles. The summed E-state index contributed by atoms with van der Waals surface area (Å²) in [6.45, 7) is 5.33. The fourth-order valence-corrected chi connectivity index (χ4v) is 2.62. The average Bonchev–Trinajstić information content (AvgIpc) is 3.06. The Morgan fingerprint density at radius 2 is 2.16 bits per heavy atom. The molecule has 3 unspecified atom stereocenters. The molecule has 2 N–H and O–H groups in total. The Morgan fingerprint density at radius 3 is 2.74 bits per heavy atom. The van der Waals surface area contributed by atoms with E-state index in [2.05, 4.69) is 18.9 Å². The molecule has 0 bridgehead atoms. The number of nitrogens with two attached hydrogens (primary N) is 1. The van der Waals surface area contributed by atoms with Gasteiger partial charge in [0.05, 0.1) is 0 Å². The molecular weight excluding hydrogens is 239 g/mol. The van der Waals surface area contributed by atoms with Crippen molar-refractivity contribution in [3.8, 4) is 0 Å².